The Hall–Kier alpha value is -1.89. The second kappa shape index (κ2) is 6.93. The van der Waals surface area contributed by atoms with Crippen molar-refractivity contribution in [2.45, 2.75) is 38.0 Å². The highest BCUT2D eigenvalue weighted by Crippen LogP contribution is 2.31. The lowest BCUT2D eigenvalue weighted by Gasteiger charge is -2.39. The smallest absolute Gasteiger partial charge is 0.285 e. The molecule has 3 aliphatic rings. The van der Waals surface area contributed by atoms with Crippen LogP contribution in [0, 0.1) is 17.8 Å². The molecule has 27 heavy (non-hydrogen) atoms. The van der Waals surface area contributed by atoms with Gasteiger partial charge in [0.2, 0.25) is 5.91 Å². The minimum Gasteiger partial charge on any atom is -0.355 e. The van der Waals surface area contributed by atoms with E-state index in [4.69, 9.17) is 0 Å². The SMILES string of the molecule is CC1CC(C)CN(C(=O)C2CCN(C3=NS(=O)(=O)c4ccccc43)CC2)C1. The third-order valence-electron chi connectivity index (χ3n) is 5.94. The molecule has 2 atom stereocenters. The van der Waals surface area contributed by atoms with Crippen molar-refractivity contribution in [1.29, 1.82) is 0 Å². The van der Waals surface area contributed by atoms with Crippen LogP contribution in [0.2, 0.25) is 0 Å². The molecule has 3 heterocycles. The zero-order chi connectivity index (χ0) is 19.2. The van der Waals surface area contributed by atoms with Gasteiger partial charge >= 0.3 is 0 Å². The summed E-state index contributed by atoms with van der Waals surface area (Å²) >= 11 is 0. The number of amides is 1. The van der Waals surface area contributed by atoms with Gasteiger partial charge in [0.25, 0.3) is 10.0 Å². The van der Waals surface area contributed by atoms with E-state index in [9.17, 15) is 13.2 Å². The van der Waals surface area contributed by atoms with Crippen LogP contribution < -0.4 is 0 Å². The van der Waals surface area contributed by atoms with Crippen LogP contribution in [0.5, 0.6) is 0 Å². The maximum Gasteiger partial charge on any atom is 0.285 e. The number of rotatable bonds is 1. The van der Waals surface area contributed by atoms with Crippen molar-refractivity contribution in [3.8, 4) is 0 Å². The molecule has 1 aromatic rings. The van der Waals surface area contributed by atoms with Crippen molar-refractivity contribution in [1.82, 2.24) is 9.80 Å². The normalized spacial score (nSPS) is 28.0. The predicted octanol–water partition coefficient (Wildman–Crippen LogP) is 2.35. The molecule has 2 saturated heterocycles. The Morgan fingerprint density at radius 1 is 1.07 bits per heavy atom. The van der Waals surface area contributed by atoms with E-state index in [0.29, 0.717) is 36.3 Å². The molecule has 2 fully saturated rings. The van der Waals surface area contributed by atoms with Crippen LogP contribution in [0.4, 0.5) is 0 Å². The van der Waals surface area contributed by atoms with E-state index in [2.05, 4.69) is 18.2 Å². The second-order valence-corrected chi connectivity index (χ2v) is 9.91. The highest BCUT2D eigenvalue weighted by molar-refractivity contribution is 7.90. The van der Waals surface area contributed by atoms with Gasteiger partial charge in [0.1, 0.15) is 4.90 Å². The fraction of sp³-hybridized carbons (Fsp3) is 0.600. The molecule has 146 valence electrons. The lowest BCUT2D eigenvalue weighted by molar-refractivity contribution is -0.139. The predicted molar refractivity (Wildman–Crippen MR) is 104 cm³/mol. The summed E-state index contributed by atoms with van der Waals surface area (Å²) in [5.41, 5.74) is 0.681. The van der Waals surface area contributed by atoms with Gasteiger partial charge in [-0.1, -0.05) is 26.0 Å². The molecule has 0 radical (unpaired) electrons. The maximum absolute atomic E-state index is 13.0. The van der Waals surface area contributed by atoms with Crippen molar-refractivity contribution in [2.24, 2.45) is 22.2 Å². The topological polar surface area (TPSA) is 70.1 Å². The van der Waals surface area contributed by atoms with Gasteiger partial charge in [-0.3, -0.25) is 4.79 Å². The van der Waals surface area contributed by atoms with Crippen LogP contribution in [0.25, 0.3) is 0 Å². The molecule has 7 heteroatoms. The van der Waals surface area contributed by atoms with Gasteiger partial charge in [-0.2, -0.15) is 8.42 Å². The van der Waals surface area contributed by atoms with Gasteiger partial charge in [0, 0.05) is 37.7 Å². The number of hydrogen-bond donors (Lipinski definition) is 0. The average molecular weight is 390 g/mol. The number of amidine groups is 1. The fourth-order valence-electron chi connectivity index (χ4n) is 4.76. The van der Waals surface area contributed by atoms with Crippen LogP contribution in [0.15, 0.2) is 33.6 Å². The van der Waals surface area contributed by atoms with E-state index >= 15 is 0 Å². The summed E-state index contributed by atoms with van der Waals surface area (Å²) in [6, 6.07) is 6.98. The highest BCUT2D eigenvalue weighted by atomic mass is 32.2. The standard InChI is InChI=1S/C20H27N3O3S/c1-14-11-15(2)13-23(12-14)20(24)16-7-9-22(10-8-16)19-17-5-3-4-6-18(17)27(25,26)21-19/h3-6,14-16H,7-13H2,1-2H3. The minimum atomic E-state index is -3.59. The summed E-state index contributed by atoms with van der Waals surface area (Å²) in [6.45, 7) is 7.49. The minimum absolute atomic E-state index is 0.0348. The summed E-state index contributed by atoms with van der Waals surface area (Å²) in [7, 11) is -3.59. The molecule has 0 aliphatic carbocycles. The van der Waals surface area contributed by atoms with Crippen molar-refractivity contribution >= 4 is 21.8 Å². The molecule has 3 aliphatic heterocycles. The van der Waals surface area contributed by atoms with Gasteiger partial charge in [-0.15, -0.1) is 4.40 Å². The van der Waals surface area contributed by atoms with Crippen LogP contribution in [0.1, 0.15) is 38.7 Å². The van der Waals surface area contributed by atoms with Gasteiger partial charge in [-0.05, 0) is 43.2 Å². The molecule has 0 N–H and O–H groups in total. The van der Waals surface area contributed by atoms with Crippen molar-refractivity contribution in [3.05, 3.63) is 29.8 Å². The lowest BCUT2D eigenvalue weighted by atomic mass is 9.89. The maximum atomic E-state index is 13.0. The van der Waals surface area contributed by atoms with Crippen molar-refractivity contribution in [3.63, 3.8) is 0 Å². The molecule has 0 aromatic heterocycles. The molecule has 1 aromatic carbocycles. The number of sulfonamides is 1. The molecule has 6 nitrogen and oxygen atoms in total. The molecule has 1 amide bonds. The van der Waals surface area contributed by atoms with Gasteiger partial charge in [0.05, 0.1) is 0 Å². The van der Waals surface area contributed by atoms with Gasteiger partial charge in [0.15, 0.2) is 5.84 Å². The van der Waals surface area contributed by atoms with Crippen molar-refractivity contribution < 1.29 is 13.2 Å². The summed E-state index contributed by atoms with van der Waals surface area (Å²) in [5, 5.41) is 0. The zero-order valence-corrected chi connectivity index (χ0v) is 16.8. The van der Waals surface area contributed by atoms with Crippen LogP contribution in [-0.4, -0.2) is 56.1 Å². The molecular formula is C20H27N3O3S. The first-order valence-corrected chi connectivity index (χ1v) is 11.3. The van der Waals surface area contributed by atoms with E-state index in [1.54, 1.807) is 12.1 Å². The first kappa shape index (κ1) is 18.5. The third kappa shape index (κ3) is 3.49. The van der Waals surface area contributed by atoms with E-state index in [1.165, 1.54) is 6.42 Å². The Balaban J connectivity index is 1.43. The summed E-state index contributed by atoms with van der Waals surface area (Å²) < 4.78 is 28.6. The fourth-order valence-corrected chi connectivity index (χ4v) is 5.98. The van der Waals surface area contributed by atoms with Gasteiger partial charge < -0.3 is 9.80 Å². The number of carbonyl (C=O) groups is 1. The molecular weight excluding hydrogens is 362 g/mol. The largest absolute Gasteiger partial charge is 0.355 e. The van der Waals surface area contributed by atoms with Crippen LogP contribution in [-0.2, 0) is 14.8 Å². The number of likely N-dealkylation sites (tertiary alicyclic amines) is 2. The number of nitrogens with zero attached hydrogens (tertiary/aromatic N) is 3. The second-order valence-electron chi connectivity index (χ2n) is 8.34. The Kier molecular flexibility index (Phi) is 4.74. The Morgan fingerprint density at radius 2 is 1.70 bits per heavy atom. The van der Waals surface area contributed by atoms with E-state index in [0.717, 1.165) is 25.9 Å². The van der Waals surface area contributed by atoms with E-state index < -0.39 is 10.0 Å². The number of piperidine rings is 2. The first-order valence-electron chi connectivity index (χ1n) is 9.83. The van der Waals surface area contributed by atoms with Crippen LogP contribution >= 0.6 is 0 Å². The average Bonchev–Trinajstić information content (AvgIpc) is 2.92. The molecule has 4 rings (SSSR count). The summed E-state index contributed by atoms with van der Waals surface area (Å²) in [5.74, 6) is 1.97. The van der Waals surface area contributed by atoms with Gasteiger partial charge in [-0.25, -0.2) is 0 Å². The number of benzene rings is 1. The quantitative estimate of drug-likeness (QED) is 0.739. The monoisotopic (exact) mass is 389 g/mol. The van der Waals surface area contributed by atoms with E-state index in [-0.39, 0.29) is 16.7 Å². The first-order chi connectivity index (χ1) is 12.8. The molecule has 0 spiro atoms. The zero-order valence-electron chi connectivity index (χ0n) is 16.0. The third-order valence-corrected chi connectivity index (χ3v) is 7.26. The number of hydrogen-bond acceptors (Lipinski definition) is 4. The summed E-state index contributed by atoms with van der Waals surface area (Å²) in [6.07, 6.45) is 2.69. The lowest BCUT2D eigenvalue weighted by Crippen LogP contribution is -2.48. The molecule has 2 unspecified atom stereocenters. The Morgan fingerprint density at radius 3 is 2.37 bits per heavy atom. The molecule has 0 bridgehead atoms. The number of carbonyl (C=O) groups excluding carboxylic acids is 1. The van der Waals surface area contributed by atoms with E-state index in [1.807, 2.05) is 21.9 Å². The number of fused-ring (bicyclic) bond motifs is 1. The summed E-state index contributed by atoms with van der Waals surface area (Å²) in [4.78, 5) is 17.3. The Labute approximate surface area is 161 Å². The van der Waals surface area contributed by atoms with Crippen molar-refractivity contribution in [2.75, 3.05) is 26.2 Å². The van der Waals surface area contributed by atoms with Crippen LogP contribution in [0.3, 0.4) is 0 Å². The highest BCUT2D eigenvalue weighted by Gasteiger charge is 2.36. The Bertz CT molecular complexity index is 862. The molecule has 0 saturated carbocycles.